The summed E-state index contributed by atoms with van der Waals surface area (Å²) in [6.45, 7) is 6.23. The van der Waals surface area contributed by atoms with E-state index in [-0.39, 0.29) is 5.78 Å². The van der Waals surface area contributed by atoms with Crippen molar-refractivity contribution in [2.24, 2.45) is 11.8 Å². The van der Waals surface area contributed by atoms with Gasteiger partial charge in [-0.2, -0.15) is 0 Å². The van der Waals surface area contributed by atoms with Crippen LogP contribution in [-0.2, 0) is 4.79 Å². The Balaban J connectivity index is 2.81. The zero-order valence-corrected chi connectivity index (χ0v) is 7.29. The van der Waals surface area contributed by atoms with E-state index in [1.165, 1.54) is 0 Å². The van der Waals surface area contributed by atoms with Gasteiger partial charge in [0.1, 0.15) is 0 Å². The van der Waals surface area contributed by atoms with Crippen molar-refractivity contribution in [3.05, 3.63) is 23.8 Å². The van der Waals surface area contributed by atoms with Crippen molar-refractivity contribution < 1.29 is 4.79 Å². The molecule has 0 radical (unpaired) electrons. The van der Waals surface area contributed by atoms with Crippen LogP contribution in [0.4, 0.5) is 0 Å². The van der Waals surface area contributed by atoms with Gasteiger partial charge < -0.3 is 0 Å². The zero-order chi connectivity index (χ0) is 8.43. The highest BCUT2D eigenvalue weighted by Gasteiger charge is 2.18. The third-order valence-corrected chi connectivity index (χ3v) is 1.82. The predicted molar refractivity (Wildman–Crippen MR) is 46.2 cm³/mol. The molecule has 0 amide bonds. The molecule has 0 saturated carbocycles. The number of allylic oxidation sites excluding steroid dienone is 4. The van der Waals surface area contributed by atoms with Crippen LogP contribution in [0.1, 0.15) is 20.8 Å². The first-order chi connectivity index (χ1) is 5.11. The monoisotopic (exact) mass is 150 g/mol. The largest absolute Gasteiger partial charge is 0.290 e. The minimum Gasteiger partial charge on any atom is -0.290 e. The van der Waals surface area contributed by atoms with Crippen LogP contribution >= 0.6 is 0 Å². The first-order valence-electron chi connectivity index (χ1n) is 4.05. The number of ketones is 1. The van der Waals surface area contributed by atoms with Crippen molar-refractivity contribution in [3.8, 4) is 0 Å². The minimum atomic E-state index is 0.186. The summed E-state index contributed by atoms with van der Waals surface area (Å²) in [5.41, 5.74) is 0.958. The Morgan fingerprint density at radius 3 is 2.55 bits per heavy atom. The SMILES string of the molecule is CC(C)/C=C1/C(=O)C=C[C@H]1C. The molecule has 60 valence electrons. The maximum Gasteiger partial charge on any atom is 0.181 e. The van der Waals surface area contributed by atoms with Crippen LogP contribution in [-0.4, -0.2) is 5.78 Å². The average Bonchev–Trinajstić information content (AvgIpc) is 2.18. The average molecular weight is 150 g/mol. The second kappa shape index (κ2) is 3.04. The van der Waals surface area contributed by atoms with E-state index >= 15 is 0 Å². The highest BCUT2D eigenvalue weighted by molar-refractivity contribution is 6.07. The van der Waals surface area contributed by atoms with Crippen molar-refractivity contribution in [1.82, 2.24) is 0 Å². The van der Waals surface area contributed by atoms with Crippen LogP contribution in [0, 0.1) is 11.8 Å². The van der Waals surface area contributed by atoms with E-state index < -0.39 is 0 Å². The second-order valence-corrected chi connectivity index (χ2v) is 3.38. The standard InChI is InChI=1S/C10H14O/c1-7(2)6-9-8(3)4-5-10(9)11/h4-8H,1-3H3/b9-6+/t8-/m1/s1. The number of rotatable bonds is 1. The lowest BCUT2D eigenvalue weighted by molar-refractivity contribution is -0.111. The smallest absolute Gasteiger partial charge is 0.181 e. The molecule has 0 heterocycles. The van der Waals surface area contributed by atoms with Crippen molar-refractivity contribution >= 4 is 5.78 Å². The fourth-order valence-corrected chi connectivity index (χ4v) is 1.25. The fraction of sp³-hybridized carbons (Fsp3) is 0.500. The molecule has 0 aromatic carbocycles. The van der Waals surface area contributed by atoms with Gasteiger partial charge in [-0.05, 0) is 12.0 Å². The minimum absolute atomic E-state index is 0.186. The molecule has 0 aromatic heterocycles. The molecule has 0 unspecified atom stereocenters. The zero-order valence-electron chi connectivity index (χ0n) is 7.29. The van der Waals surface area contributed by atoms with Crippen LogP contribution < -0.4 is 0 Å². The van der Waals surface area contributed by atoms with Gasteiger partial charge in [-0.25, -0.2) is 0 Å². The van der Waals surface area contributed by atoms with E-state index in [0.717, 1.165) is 5.57 Å². The molecule has 0 aromatic rings. The summed E-state index contributed by atoms with van der Waals surface area (Å²) in [5, 5.41) is 0. The highest BCUT2D eigenvalue weighted by atomic mass is 16.1. The molecule has 11 heavy (non-hydrogen) atoms. The summed E-state index contributed by atoms with van der Waals surface area (Å²) < 4.78 is 0. The summed E-state index contributed by atoms with van der Waals surface area (Å²) in [6.07, 6.45) is 5.67. The van der Waals surface area contributed by atoms with Gasteiger partial charge in [-0.15, -0.1) is 0 Å². The van der Waals surface area contributed by atoms with Crippen LogP contribution in [0.15, 0.2) is 23.8 Å². The lowest BCUT2D eigenvalue weighted by Gasteiger charge is -2.04. The fourth-order valence-electron chi connectivity index (χ4n) is 1.25. The second-order valence-electron chi connectivity index (χ2n) is 3.38. The number of carbonyl (C=O) groups is 1. The lowest BCUT2D eigenvalue weighted by Crippen LogP contribution is -2.00. The highest BCUT2D eigenvalue weighted by Crippen LogP contribution is 2.21. The van der Waals surface area contributed by atoms with Crippen molar-refractivity contribution in [3.63, 3.8) is 0 Å². The van der Waals surface area contributed by atoms with Gasteiger partial charge in [0.15, 0.2) is 5.78 Å². The summed E-state index contributed by atoms with van der Waals surface area (Å²) >= 11 is 0. The summed E-state index contributed by atoms with van der Waals surface area (Å²) in [4.78, 5) is 11.2. The van der Waals surface area contributed by atoms with Crippen LogP contribution in [0.3, 0.4) is 0 Å². The van der Waals surface area contributed by atoms with E-state index in [1.807, 2.05) is 12.2 Å². The predicted octanol–water partition coefficient (Wildman–Crippen LogP) is 2.34. The topological polar surface area (TPSA) is 17.1 Å². The molecule has 1 heteroatoms. The molecule has 0 bridgehead atoms. The molecule has 1 atom stereocenters. The Labute approximate surface area is 67.8 Å². The van der Waals surface area contributed by atoms with Gasteiger partial charge >= 0.3 is 0 Å². The summed E-state index contributed by atoms with van der Waals surface area (Å²) in [6, 6.07) is 0. The molecule has 0 N–H and O–H groups in total. The molecule has 0 aliphatic heterocycles. The molecule has 1 rings (SSSR count). The first-order valence-corrected chi connectivity index (χ1v) is 4.05. The number of hydrogen-bond acceptors (Lipinski definition) is 1. The van der Waals surface area contributed by atoms with Crippen molar-refractivity contribution in [2.75, 3.05) is 0 Å². The maximum absolute atomic E-state index is 11.2. The molecule has 1 aliphatic carbocycles. The Hall–Kier alpha value is -0.850. The third-order valence-electron chi connectivity index (χ3n) is 1.82. The summed E-state index contributed by atoms with van der Waals surface area (Å²) in [5.74, 6) is 0.979. The van der Waals surface area contributed by atoms with Crippen LogP contribution in [0.2, 0.25) is 0 Å². The number of hydrogen-bond donors (Lipinski definition) is 0. The molecule has 1 nitrogen and oxygen atoms in total. The quantitative estimate of drug-likeness (QED) is 0.524. The molecular formula is C10H14O. The normalized spacial score (nSPS) is 27.5. The van der Waals surface area contributed by atoms with Crippen molar-refractivity contribution in [1.29, 1.82) is 0 Å². The van der Waals surface area contributed by atoms with Gasteiger partial charge in [-0.3, -0.25) is 4.79 Å². The van der Waals surface area contributed by atoms with Crippen LogP contribution in [0.25, 0.3) is 0 Å². The van der Waals surface area contributed by atoms with E-state index in [2.05, 4.69) is 20.8 Å². The maximum atomic E-state index is 11.2. The van der Waals surface area contributed by atoms with Crippen LogP contribution in [0.5, 0.6) is 0 Å². The van der Waals surface area contributed by atoms with E-state index in [4.69, 9.17) is 0 Å². The van der Waals surface area contributed by atoms with Gasteiger partial charge in [0.2, 0.25) is 0 Å². The van der Waals surface area contributed by atoms with Crippen molar-refractivity contribution in [2.45, 2.75) is 20.8 Å². The molecule has 1 aliphatic rings. The lowest BCUT2D eigenvalue weighted by atomic mass is 10.00. The Bertz CT molecular complexity index is 221. The van der Waals surface area contributed by atoms with E-state index in [1.54, 1.807) is 6.08 Å². The summed E-state index contributed by atoms with van der Waals surface area (Å²) in [7, 11) is 0. The molecule has 0 spiro atoms. The van der Waals surface area contributed by atoms with Gasteiger partial charge in [0.25, 0.3) is 0 Å². The third kappa shape index (κ3) is 1.79. The molecule has 0 fully saturated rings. The molecule has 0 saturated heterocycles. The molecular weight excluding hydrogens is 136 g/mol. The number of carbonyl (C=O) groups excluding carboxylic acids is 1. The van der Waals surface area contributed by atoms with E-state index in [0.29, 0.717) is 11.8 Å². The van der Waals surface area contributed by atoms with E-state index in [9.17, 15) is 4.79 Å². The Kier molecular flexibility index (Phi) is 2.28. The first kappa shape index (κ1) is 8.25. The Morgan fingerprint density at radius 1 is 1.55 bits per heavy atom. The Morgan fingerprint density at radius 2 is 2.18 bits per heavy atom. The van der Waals surface area contributed by atoms with Gasteiger partial charge in [-0.1, -0.05) is 32.9 Å². The van der Waals surface area contributed by atoms with Gasteiger partial charge in [0.05, 0.1) is 0 Å². The van der Waals surface area contributed by atoms with Gasteiger partial charge in [0, 0.05) is 11.5 Å².